The van der Waals surface area contributed by atoms with E-state index in [0.717, 1.165) is 6.54 Å². The molecule has 1 aliphatic heterocycles. The third kappa shape index (κ3) is 4.56. The van der Waals surface area contributed by atoms with E-state index in [4.69, 9.17) is 4.74 Å². The number of ether oxygens (including phenoxy) is 1. The van der Waals surface area contributed by atoms with Crippen molar-refractivity contribution >= 4 is 11.6 Å². The summed E-state index contributed by atoms with van der Waals surface area (Å²) in [5, 5.41) is 7.20. The highest BCUT2D eigenvalue weighted by molar-refractivity contribution is 5.76. The summed E-state index contributed by atoms with van der Waals surface area (Å²) in [5.74, 6) is 0.381. The zero-order chi connectivity index (χ0) is 15.2. The summed E-state index contributed by atoms with van der Waals surface area (Å²) < 4.78 is 6.39. The number of anilines is 1. The Morgan fingerprint density at radius 3 is 2.76 bits per heavy atom. The predicted molar refractivity (Wildman–Crippen MR) is 79.2 cm³/mol. The van der Waals surface area contributed by atoms with E-state index in [0.29, 0.717) is 37.9 Å². The molecule has 1 aromatic heterocycles. The average molecular weight is 294 g/mol. The lowest BCUT2D eigenvalue weighted by atomic mass is 10.2. The molecule has 0 atom stereocenters. The van der Waals surface area contributed by atoms with Gasteiger partial charge in [-0.15, -0.1) is 0 Å². The SMILES string of the molecule is CC(C)CNc1cnn(CC(=O)N2CCOCC2)c(=O)c1. The fourth-order valence-electron chi connectivity index (χ4n) is 2.01. The molecule has 116 valence electrons. The maximum Gasteiger partial charge on any atom is 0.269 e. The van der Waals surface area contributed by atoms with Crippen molar-refractivity contribution in [3.05, 3.63) is 22.6 Å². The Hall–Kier alpha value is -1.89. The number of carbonyl (C=O) groups excluding carboxylic acids is 1. The molecular formula is C14H22N4O3. The molecule has 0 saturated carbocycles. The second kappa shape index (κ2) is 7.21. The Labute approximate surface area is 123 Å². The number of morpholine rings is 1. The van der Waals surface area contributed by atoms with Gasteiger partial charge in [0.15, 0.2) is 0 Å². The van der Waals surface area contributed by atoms with Crippen LogP contribution in [0.5, 0.6) is 0 Å². The third-order valence-electron chi connectivity index (χ3n) is 3.23. The van der Waals surface area contributed by atoms with Crippen LogP contribution in [0.2, 0.25) is 0 Å². The van der Waals surface area contributed by atoms with E-state index >= 15 is 0 Å². The van der Waals surface area contributed by atoms with Crippen LogP contribution in [0.4, 0.5) is 5.69 Å². The highest BCUT2D eigenvalue weighted by atomic mass is 16.5. The van der Waals surface area contributed by atoms with Crippen LogP contribution in [-0.2, 0) is 16.1 Å². The van der Waals surface area contributed by atoms with Crippen molar-refractivity contribution < 1.29 is 9.53 Å². The van der Waals surface area contributed by atoms with Crippen LogP contribution in [0.15, 0.2) is 17.1 Å². The molecule has 7 nitrogen and oxygen atoms in total. The molecular weight excluding hydrogens is 272 g/mol. The van der Waals surface area contributed by atoms with E-state index < -0.39 is 0 Å². The van der Waals surface area contributed by atoms with Gasteiger partial charge in [0.05, 0.1) is 25.1 Å². The Balaban J connectivity index is 1.97. The Kier molecular flexibility index (Phi) is 5.32. The van der Waals surface area contributed by atoms with Crippen molar-refractivity contribution in [2.45, 2.75) is 20.4 Å². The number of carbonyl (C=O) groups is 1. The highest BCUT2D eigenvalue weighted by Crippen LogP contribution is 2.03. The van der Waals surface area contributed by atoms with Gasteiger partial charge in [0.2, 0.25) is 5.91 Å². The molecule has 1 aliphatic rings. The molecule has 1 N–H and O–H groups in total. The molecule has 0 unspecified atom stereocenters. The van der Waals surface area contributed by atoms with Gasteiger partial charge in [-0.25, -0.2) is 4.68 Å². The Morgan fingerprint density at radius 2 is 2.14 bits per heavy atom. The first kappa shape index (κ1) is 15.5. The number of hydrogen-bond acceptors (Lipinski definition) is 5. The normalized spacial score (nSPS) is 15.3. The molecule has 2 heterocycles. The number of amides is 1. The number of hydrogen-bond donors (Lipinski definition) is 1. The molecule has 2 rings (SSSR count). The lowest BCUT2D eigenvalue weighted by Gasteiger charge is -2.26. The third-order valence-corrected chi connectivity index (χ3v) is 3.23. The van der Waals surface area contributed by atoms with Crippen molar-refractivity contribution in [1.82, 2.24) is 14.7 Å². The van der Waals surface area contributed by atoms with Gasteiger partial charge in [-0.3, -0.25) is 9.59 Å². The van der Waals surface area contributed by atoms with Crippen LogP contribution < -0.4 is 10.9 Å². The molecule has 21 heavy (non-hydrogen) atoms. The van der Waals surface area contributed by atoms with Crippen LogP contribution >= 0.6 is 0 Å². The van der Waals surface area contributed by atoms with Crippen molar-refractivity contribution in [2.24, 2.45) is 5.92 Å². The molecule has 1 amide bonds. The lowest BCUT2D eigenvalue weighted by Crippen LogP contribution is -2.43. The van der Waals surface area contributed by atoms with Crippen LogP contribution in [-0.4, -0.2) is 53.4 Å². The maximum absolute atomic E-state index is 12.1. The second-order valence-corrected chi connectivity index (χ2v) is 5.51. The molecule has 1 saturated heterocycles. The van der Waals surface area contributed by atoms with Gasteiger partial charge in [0.25, 0.3) is 5.56 Å². The number of nitrogens with zero attached hydrogens (tertiary/aromatic N) is 3. The van der Waals surface area contributed by atoms with E-state index in [1.165, 1.54) is 10.7 Å². The Morgan fingerprint density at radius 1 is 1.43 bits per heavy atom. The summed E-state index contributed by atoms with van der Waals surface area (Å²) in [4.78, 5) is 25.7. The fourth-order valence-corrected chi connectivity index (χ4v) is 2.01. The standard InChI is InChI=1S/C14H22N4O3/c1-11(2)8-15-12-7-13(19)18(16-9-12)10-14(20)17-3-5-21-6-4-17/h7,9,11,15H,3-6,8,10H2,1-2H3. The minimum Gasteiger partial charge on any atom is -0.383 e. The van der Waals surface area contributed by atoms with E-state index in [-0.39, 0.29) is 18.0 Å². The molecule has 0 spiro atoms. The topological polar surface area (TPSA) is 76.5 Å². The van der Waals surface area contributed by atoms with Crippen LogP contribution in [0.1, 0.15) is 13.8 Å². The van der Waals surface area contributed by atoms with Crippen molar-refractivity contribution in [3.63, 3.8) is 0 Å². The van der Waals surface area contributed by atoms with Crippen molar-refractivity contribution in [1.29, 1.82) is 0 Å². The summed E-state index contributed by atoms with van der Waals surface area (Å²) >= 11 is 0. The zero-order valence-corrected chi connectivity index (χ0v) is 12.5. The van der Waals surface area contributed by atoms with Crippen molar-refractivity contribution in [3.8, 4) is 0 Å². The smallest absolute Gasteiger partial charge is 0.269 e. The largest absolute Gasteiger partial charge is 0.383 e. The molecule has 1 fully saturated rings. The summed E-state index contributed by atoms with van der Waals surface area (Å²) in [6.45, 7) is 7.16. The minimum absolute atomic E-state index is 0.0245. The van der Waals surface area contributed by atoms with Gasteiger partial charge in [-0.05, 0) is 5.92 Å². The number of rotatable bonds is 5. The second-order valence-electron chi connectivity index (χ2n) is 5.51. The maximum atomic E-state index is 12.1. The summed E-state index contributed by atoms with van der Waals surface area (Å²) in [6.07, 6.45) is 1.58. The van der Waals surface area contributed by atoms with Gasteiger partial charge in [0.1, 0.15) is 6.54 Å². The van der Waals surface area contributed by atoms with Crippen LogP contribution in [0.3, 0.4) is 0 Å². The first-order valence-electron chi connectivity index (χ1n) is 7.23. The van der Waals surface area contributed by atoms with E-state index in [1.54, 1.807) is 11.1 Å². The molecule has 1 aromatic rings. The predicted octanol–water partition coefficient (Wildman–Crippen LogP) is 0.170. The molecule has 0 aromatic carbocycles. The summed E-state index contributed by atoms with van der Waals surface area (Å²) in [6, 6.07) is 1.47. The lowest BCUT2D eigenvalue weighted by molar-refractivity contribution is -0.136. The number of aromatic nitrogens is 2. The first-order valence-corrected chi connectivity index (χ1v) is 7.23. The molecule has 0 aliphatic carbocycles. The fraction of sp³-hybridized carbons (Fsp3) is 0.643. The van der Waals surface area contributed by atoms with Crippen LogP contribution in [0.25, 0.3) is 0 Å². The molecule has 7 heteroatoms. The van der Waals surface area contributed by atoms with Gasteiger partial charge in [-0.2, -0.15) is 5.10 Å². The van der Waals surface area contributed by atoms with E-state index in [9.17, 15) is 9.59 Å². The number of nitrogens with one attached hydrogen (secondary N) is 1. The Bertz CT molecular complexity index is 535. The van der Waals surface area contributed by atoms with Gasteiger partial charge < -0.3 is 15.0 Å². The summed E-state index contributed by atoms with van der Waals surface area (Å²) in [5.41, 5.74) is 0.411. The summed E-state index contributed by atoms with van der Waals surface area (Å²) in [7, 11) is 0. The monoisotopic (exact) mass is 294 g/mol. The molecule has 0 radical (unpaired) electrons. The molecule has 0 bridgehead atoms. The van der Waals surface area contributed by atoms with Crippen molar-refractivity contribution in [2.75, 3.05) is 38.2 Å². The average Bonchev–Trinajstić information content (AvgIpc) is 2.48. The minimum atomic E-state index is -0.273. The zero-order valence-electron chi connectivity index (χ0n) is 12.5. The van der Waals surface area contributed by atoms with E-state index in [1.807, 2.05) is 0 Å². The van der Waals surface area contributed by atoms with Crippen LogP contribution in [0, 0.1) is 5.92 Å². The first-order chi connectivity index (χ1) is 10.1. The van der Waals surface area contributed by atoms with E-state index in [2.05, 4.69) is 24.3 Å². The van der Waals surface area contributed by atoms with Gasteiger partial charge in [-0.1, -0.05) is 13.8 Å². The van der Waals surface area contributed by atoms with Gasteiger partial charge in [0, 0.05) is 25.7 Å². The quantitative estimate of drug-likeness (QED) is 0.838. The van der Waals surface area contributed by atoms with Gasteiger partial charge >= 0.3 is 0 Å². The highest BCUT2D eigenvalue weighted by Gasteiger charge is 2.17.